The predicted molar refractivity (Wildman–Crippen MR) is 73.1 cm³/mol. The topological polar surface area (TPSA) is 63.4 Å². The van der Waals surface area contributed by atoms with Crippen LogP contribution in [-0.2, 0) is 0 Å². The second kappa shape index (κ2) is 4.16. The fraction of sp³-hybridized carbons (Fsp3) is 0.0667. The van der Waals surface area contributed by atoms with Gasteiger partial charge in [0.2, 0.25) is 0 Å². The Morgan fingerprint density at radius 2 is 1.70 bits per heavy atom. The molecule has 2 aromatic carbocycles. The number of amides is 2. The molecule has 1 aliphatic rings. The first kappa shape index (κ1) is 12.3. The highest BCUT2D eigenvalue weighted by molar-refractivity contribution is 6.35. The van der Waals surface area contributed by atoms with Gasteiger partial charge >= 0.3 is 0 Å². The molecule has 3 rings (SSSR count). The summed E-state index contributed by atoms with van der Waals surface area (Å²) in [6, 6.07) is 8.60. The van der Waals surface area contributed by atoms with Crippen molar-refractivity contribution in [2.45, 2.75) is 6.92 Å². The van der Waals surface area contributed by atoms with Gasteiger partial charge in [0.15, 0.2) is 0 Å². The Kier molecular flexibility index (Phi) is 2.57. The van der Waals surface area contributed by atoms with Gasteiger partial charge in [0.05, 0.1) is 22.5 Å². The van der Waals surface area contributed by atoms with E-state index in [0.29, 0.717) is 11.1 Å². The second-order valence-electron chi connectivity index (χ2n) is 4.70. The molecule has 5 heteroatoms. The third-order valence-electron chi connectivity index (χ3n) is 3.28. The number of halogens is 1. The minimum Gasteiger partial charge on any atom is -0.397 e. The van der Waals surface area contributed by atoms with Crippen molar-refractivity contribution >= 4 is 23.2 Å². The molecule has 0 aliphatic carbocycles. The molecule has 0 aromatic heterocycles. The molecule has 20 heavy (non-hydrogen) atoms. The molecule has 0 spiro atoms. The first-order valence-corrected chi connectivity index (χ1v) is 6.03. The van der Waals surface area contributed by atoms with E-state index in [-0.39, 0.29) is 11.4 Å². The van der Waals surface area contributed by atoms with Crippen molar-refractivity contribution in [3.63, 3.8) is 0 Å². The quantitative estimate of drug-likeness (QED) is 0.639. The highest BCUT2D eigenvalue weighted by atomic mass is 19.1. The number of nitrogens with zero attached hydrogens (tertiary/aromatic N) is 1. The Morgan fingerprint density at radius 1 is 1.00 bits per heavy atom. The van der Waals surface area contributed by atoms with Crippen molar-refractivity contribution in [2.24, 2.45) is 0 Å². The summed E-state index contributed by atoms with van der Waals surface area (Å²) in [6.07, 6.45) is 0. The number of carbonyl (C=O) groups is 2. The lowest BCUT2D eigenvalue weighted by atomic mass is 10.1. The van der Waals surface area contributed by atoms with Gasteiger partial charge in [-0.3, -0.25) is 9.59 Å². The lowest BCUT2D eigenvalue weighted by Gasteiger charge is -2.16. The van der Waals surface area contributed by atoms with E-state index in [9.17, 15) is 14.0 Å². The predicted octanol–water partition coefficient (Wildman–Crippen LogP) is 2.52. The minimum absolute atomic E-state index is 0.0776. The first-order chi connectivity index (χ1) is 9.49. The Bertz CT molecular complexity index is 756. The van der Waals surface area contributed by atoms with Gasteiger partial charge in [-0.2, -0.15) is 0 Å². The van der Waals surface area contributed by atoms with Crippen LogP contribution < -0.4 is 10.6 Å². The average molecular weight is 270 g/mol. The van der Waals surface area contributed by atoms with Gasteiger partial charge in [-0.25, -0.2) is 9.29 Å². The summed E-state index contributed by atoms with van der Waals surface area (Å²) < 4.78 is 13.3. The second-order valence-corrected chi connectivity index (χ2v) is 4.70. The van der Waals surface area contributed by atoms with Crippen LogP contribution in [0.3, 0.4) is 0 Å². The van der Waals surface area contributed by atoms with Crippen LogP contribution in [0.15, 0.2) is 36.4 Å². The zero-order valence-electron chi connectivity index (χ0n) is 10.7. The van der Waals surface area contributed by atoms with Crippen molar-refractivity contribution in [3.8, 4) is 0 Å². The number of imide groups is 1. The van der Waals surface area contributed by atoms with Gasteiger partial charge in [0.1, 0.15) is 5.82 Å². The SMILES string of the molecule is Cc1ccc2c(c1)C(=O)N(c1cc(F)ccc1N)C2=O. The van der Waals surface area contributed by atoms with Crippen molar-refractivity contribution in [1.82, 2.24) is 0 Å². The summed E-state index contributed by atoms with van der Waals surface area (Å²) in [5.74, 6) is -1.52. The third kappa shape index (κ3) is 1.67. The number of hydrogen-bond donors (Lipinski definition) is 1. The Labute approximate surface area is 114 Å². The van der Waals surface area contributed by atoms with E-state index in [1.165, 1.54) is 12.1 Å². The van der Waals surface area contributed by atoms with Gasteiger partial charge in [0.25, 0.3) is 11.8 Å². The Morgan fingerprint density at radius 3 is 2.45 bits per heavy atom. The number of fused-ring (bicyclic) bond motifs is 1. The Hall–Kier alpha value is -2.69. The summed E-state index contributed by atoms with van der Waals surface area (Å²) in [6.45, 7) is 1.83. The van der Waals surface area contributed by atoms with Crippen LogP contribution in [0.4, 0.5) is 15.8 Å². The Balaban J connectivity index is 2.16. The third-order valence-corrected chi connectivity index (χ3v) is 3.28. The largest absolute Gasteiger partial charge is 0.397 e. The van der Waals surface area contributed by atoms with Crippen LogP contribution in [-0.4, -0.2) is 11.8 Å². The summed E-state index contributed by atoms with van der Waals surface area (Å²) in [5, 5.41) is 0. The standard InChI is InChI=1S/C15H11FN2O2/c1-8-2-4-10-11(6-8)15(20)18(14(10)19)13-7-9(16)3-5-12(13)17/h2-7H,17H2,1H3. The van der Waals surface area contributed by atoms with E-state index in [1.807, 2.05) is 6.92 Å². The van der Waals surface area contributed by atoms with Gasteiger partial charge in [-0.15, -0.1) is 0 Å². The normalized spacial score (nSPS) is 13.8. The van der Waals surface area contributed by atoms with Crippen LogP contribution in [0, 0.1) is 12.7 Å². The number of nitrogens with two attached hydrogens (primary N) is 1. The maximum absolute atomic E-state index is 13.3. The van der Waals surface area contributed by atoms with Crippen LogP contribution >= 0.6 is 0 Å². The van der Waals surface area contributed by atoms with Crippen LogP contribution in [0.25, 0.3) is 0 Å². The van der Waals surface area contributed by atoms with Crippen LogP contribution in [0.2, 0.25) is 0 Å². The van der Waals surface area contributed by atoms with E-state index in [4.69, 9.17) is 5.73 Å². The maximum Gasteiger partial charge on any atom is 0.266 e. The average Bonchev–Trinajstić information content (AvgIpc) is 2.65. The number of benzene rings is 2. The molecule has 0 saturated carbocycles. The molecule has 2 amide bonds. The molecule has 1 aliphatic heterocycles. The number of aryl methyl sites for hydroxylation is 1. The zero-order chi connectivity index (χ0) is 14.4. The van der Waals surface area contributed by atoms with E-state index in [0.717, 1.165) is 16.5 Å². The molecule has 2 N–H and O–H groups in total. The molecule has 0 saturated heterocycles. The summed E-state index contributed by atoms with van der Waals surface area (Å²) in [5.41, 5.74) is 7.50. The molecular weight excluding hydrogens is 259 g/mol. The van der Waals surface area contributed by atoms with E-state index < -0.39 is 17.6 Å². The molecule has 0 bridgehead atoms. The fourth-order valence-electron chi connectivity index (χ4n) is 2.28. The molecule has 0 radical (unpaired) electrons. The van der Waals surface area contributed by atoms with E-state index in [1.54, 1.807) is 18.2 Å². The van der Waals surface area contributed by atoms with Gasteiger partial charge in [0, 0.05) is 6.07 Å². The first-order valence-electron chi connectivity index (χ1n) is 6.03. The molecule has 4 nitrogen and oxygen atoms in total. The lowest BCUT2D eigenvalue weighted by Crippen LogP contribution is -2.30. The zero-order valence-corrected chi connectivity index (χ0v) is 10.7. The minimum atomic E-state index is -0.554. The molecule has 2 aromatic rings. The number of rotatable bonds is 1. The highest BCUT2D eigenvalue weighted by Crippen LogP contribution is 2.32. The van der Waals surface area contributed by atoms with E-state index in [2.05, 4.69) is 0 Å². The molecule has 1 heterocycles. The van der Waals surface area contributed by atoms with Crippen LogP contribution in [0.1, 0.15) is 26.3 Å². The molecule has 0 atom stereocenters. The summed E-state index contributed by atoms with van der Waals surface area (Å²) >= 11 is 0. The van der Waals surface area contributed by atoms with Crippen LogP contribution in [0.5, 0.6) is 0 Å². The van der Waals surface area contributed by atoms with Gasteiger partial charge in [-0.1, -0.05) is 11.6 Å². The molecule has 0 unspecified atom stereocenters. The van der Waals surface area contributed by atoms with Crippen molar-refractivity contribution < 1.29 is 14.0 Å². The maximum atomic E-state index is 13.3. The number of hydrogen-bond acceptors (Lipinski definition) is 3. The molecule has 100 valence electrons. The van der Waals surface area contributed by atoms with Gasteiger partial charge < -0.3 is 5.73 Å². The lowest BCUT2D eigenvalue weighted by molar-refractivity contribution is 0.0926. The van der Waals surface area contributed by atoms with Crippen molar-refractivity contribution in [1.29, 1.82) is 0 Å². The number of carbonyl (C=O) groups excluding carboxylic acids is 2. The monoisotopic (exact) mass is 270 g/mol. The number of nitrogen functional groups attached to an aromatic ring is 1. The van der Waals surface area contributed by atoms with Crippen molar-refractivity contribution in [3.05, 3.63) is 58.9 Å². The summed E-state index contributed by atoms with van der Waals surface area (Å²) in [4.78, 5) is 25.6. The fourth-order valence-corrected chi connectivity index (χ4v) is 2.28. The number of anilines is 2. The van der Waals surface area contributed by atoms with Gasteiger partial charge in [-0.05, 0) is 31.2 Å². The highest BCUT2D eigenvalue weighted by Gasteiger charge is 2.37. The summed E-state index contributed by atoms with van der Waals surface area (Å²) in [7, 11) is 0. The smallest absolute Gasteiger partial charge is 0.266 e. The molecular formula is C15H11FN2O2. The van der Waals surface area contributed by atoms with Crippen molar-refractivity contribution in [2.75, 3.05) is 10.6 Å². The molecule has 0 fully saturated rings. The van der Waals surface area contributed by atoms with E-state index >= 15 is 0 Å².